The van der Waals surface area contributed by atoms with Crippen LogP contribution in [-0.4, -0.2) is 48.7 Å². The number of carboxylic acid groups (broad SMARTS) is 1. The Hall–Kier alpha value is -1.95. The van der Waals surface area contributed by atoms with Gasteiger partial charge in [-0.05, 0) is 31.0 Å². The van der Waals surface area contributed by atoms with E-state index in [0.717, 1.165) is 5.56 Å². The van der Waals surface area contributed by atoms with Gasteiger partial charge in [-0.2, -0.15) is 0 Å². The molecule has 0 radical (unpaired) electrons. The van der Waals surface area contributed by atoms with Crippen LogP contribution >= 0.6 is 11.6 Å². The number of hydrogen-bond acceptors (Lipinski definition) is 4. The maximum atomic E-state index is 11.8. The van der Waals surface area contributed by atoms with Crippen LogP contribution in [0.25, 0.3) is 0 Å². The van der Waals surface area contributed by atoms with E-state index in [0.29, 0.717) is 36.1 Å². The van der Waals surface area contributed by atoms with Crippen molar-refractivity contribution in [3.8, 4) is 11.5 Å². The highest BCUT2D eigenvalue weighted by Crippen LogP contribution is 2.36. The van der Waals surface area contributed by atoms with Crippen molar-refractivity contribution in [2.75, 3.05) is 26.8 Å². The lowest BCUT2D eigenvalue weighted by Crippen LogP contribution is -2.28. The van der Waals surface area contributed by atoms with E-state index < -0.39 is 11.9 Å². The zero-order valence-electron chi connectivity index (χ0n) is 13.2. The van der Waals surface area contributed by atoms with Gasteiger partial charge in [0.15, 0.2) is 11.5 Å². The highest BCUT2D eigenvalue weighted by Gasteiger charge is 2.33. The van der Waals surface area contributed by atoms with Crippen LogP contribution in [0.15, 0.2) is 12.1 Å². The molecule has 1 aromatic rings. The van der Waals surface area contributed by atoms with E-state index in [9.17, 15) is 9.59 Å². The number of benzene rings is 1. The number of aliphatic carboxylic acids is 1. The molecule has 1 aliphatic heterocycles. The Balaban J connectivity index is 2.05. The summed E-state index contributed by atoms with van der Waals surface area (Å²) in [6.45, 7) is 3.06. The van der Waals surface area contributed by atoms with Crippen LogP contribution in [0, 0.1) is 5.92 Å². The third-order valence-corrected chi connectivity index (χ3v) is 4.09. The number of amides is 1. The summed E-state index contributed by atoms with van der Waals surface area (Å²) in [6, 6.07) is 3.61. The summed E-state index contributed by atoms with van der Waals surface area (Å²) in [5.74, 6) is -0.608. The van der Waals surface area contributed by atoms with Crippen LogP contribution in [-0.2, 0) is 16.0 Å². The third-order valence-electron chi connectivity index (χ3n) is 3.81. The summed E-state index contributed by atoms with van der Waals surface area (Å²) in [7, 11) is 1.54. The Labute approximate surface area is 139 Å². The fraction of sp³-hybridized carbons (Fsp3) is 0.500. The van der Waals surface area contributed by atoms with Gasteiger partial charge >= 0.3 is 5.97 Å². The van der Waals surface area contributed by atoms with Crippen LogP contribution in [0.1, 0.15) is 18.9 Å². The molecule has 1 atom stereocenters. The molecule has 1 fully saturated rings. The standard InChI is InChI=1S/C16H20ClNO5/c1-3-23-15-12(17)6-10(7-13(15)22-2)4-5-18-9-11(16(20)21)8-14(18)19/h6-7,11H,3-5,8-9H2,1-2H3,(H,20,21). The fourth-order valence-corrected chi connectivity index (χ4v) is 2.91. The number of carboxylic acids is 1. The van der Waals surface area contributed by atoms with Crippen molar-refractivity contribution in [1.29, 1.82) is 0 Å². The van der Waals surface area contributed by atoms with Gasteiger partial charge in [0.05, 0.1) is 24.7 Å². The molecule has 0 bridgehead atoms. The van der Waals surface area contributed by atoms with Crippen molar-refractivity contribution in [3.05, 3.63) is 22.7 Å². The summed E-state index contributed by atoms with van der Waals surface area (Å²) in [4.78, 5) is 24.4. The molecule has 1 N–H and O–H groups in total. The lowest BCUT2D eigenvalue weighted by molar-refractivity contribution is -0.141. The van der Waals surface area contributed by atoms with E-state index in [1.54, 1.807) is 18.1 Å². The molecule has 1 heterocycles. The maximum absolute atomic E-state index is 11.8. The normalized spacial score (nSPS) is 17.4. The molecule has 1 aromatic carbocycles. The molecule has 1 aliphatic rings. The van der Waals surface area contributed by atoms with Crippen molar-refractivity contribution in [2.45, 2.75) is 19.8 Å². The molecule has 7 heteroatoms. The first kappa shape index (κ1) is 17.4. The minimum absolute atomic E-state index is 0.0721. The lowest BCUT2D eigenvalue weighted by atomic mass is 10.1. The average molecular weight is 342 g/mol. The number of methoxy groups -OCH3 is 1. The van der Waals surface area contributed by atoms with Gasteiger partial charge in [-0.1, -0.05) is 11.6 Å². The number of rotatable bonds is 7. The number of carbonyl (C=O) groups excluding carboxylic acids is 1. The van der Waals surface area contributed by atoms with Crippen LogP contribution in [0.3, 0.4) is 0 Å². The smallest absolute Gasteiger partial charge is 0.308 e. The highest BCUT2D eigenvalue weighted by molar-refractivity contribution is 6.32. The van der Waals surface area contributed by atoms with E-state index in [1.165, 1.54) is 0 Å². The first-order chi connectivity index (χ1) is 11.0. The predicted octanol–water partition coefficient (Wildman–Crippen LogP) is 2.22. The SMILES string of the molecule is CCOc1c(Cl)cc(CCN2CC(C(=O)O)CC2=O)cc1OC. The van der Waals surface area contributed by atoms with Gasteiger partial charge in [0.1, 0.15) is 0 Å². The monoisotopic (exact) mass is 341 g/mol. The van der Waals surface area contributed by atoms with Crippen LogP contribution in [0.2, 0.25) is 5.02 Å². The molecular formula is C16H20ClNO5. The van der Waals surface area contributed by atoms with Gasteiger partial charge in [-0.3, -0.25) is 9.59 Å². The van der Waals surface area contributed by atoms with E-state index in [1.807, 2.05) is 13.0 Å². The van der Waals surface area contributed by atoms with Gasteiger partial charge in [-0.15, -0.1) is 0 Å². The Bertz CT molecular complexity index is 604. The zero-order chi connectivity index (χ0) is 17.0. The third kappa shape index (κ3) is 4.07. The lowest BCUT2D eigenvalue weighted by Gasteiger charge is -2.17. The first-order valence-electron chi connectivity index (χ1n) is 7.46. The molecular weight excluding hydrogens is 322 g/mol. The Kier molecular flexibility index (Phi) is 5.71. The Morgan fingerprint density at radius 3 is 2.78 bits per heavy atom. The van der Waals surface area contributed by atoms with Crippen molar-refractivity contribution >= 4 is 23.5 Å². The number of nitrogens with zero attached hydrogens (tertiary/aromatic N) is 1. The molecule has 6 nitrogen and oxygen atoms in total. The van der Waals surface area contributed by atoms with Crippen LogP contribution in [0.5, 0.6) is 11.5 Å². The summed E-state index contributed by atoms with van der Waals surface area (Å²) in [5.41, 5.74) is 0.905. The van der Waals surface area contributed by atoms with E-state index in [2.05, 4.69) is 0 Å². The highest BCUT2D eigenvalue weighted by atomic mass is 35.5. The zero-order valence-corrected chi connectivity index (χ0v) is 13.9. The number of likely N-dealkylation sites (tertiary alicyclic amines) is 1. The molecule has 0 aromatic heterocycles. The number of ether oxygens (including phenoxy) is 2. The molecule has 1 unspecified atom stereocenters. The number of carbonyl (C=O) groups is 2. The van der Waals surface area contributed by atoms with E-state index in [-0.39, 0.29) is 18.9 Å². The van der Waals surface area contributed by atoms with Gasteiger partial charge < -0.3 is 19.5 Å². The van der Waals surface area contributed by atoms with Gasteiger partial charge in [0.2, 0.25) is 5.91 Å². The maximum Gasteiger partial charge on any atom is 0.308 e. The summed E-state index contributed by atoms with van der Waals surface area (Å²) < 4.78 is 10.8. The Morgan fingerprint density at radius 1 is 1.48 bits per heavy atom. The molecule has 23 heavy (non-hydrogen) atoms. The fourth-order valence-electron chi connectivity index (χ4n) is 2.62. The van der Waals surface area contributed by atoms with Crippen molar-refractivity contribution in [1.82, 2.24) is 4.90 Å². The van der Waals surface area contributed by atoms with Crippen molar-refractivity contribution in [3.63, 3.8) is 0 Å². The topological polar surface area (TPSA) is 76.1 Å². The van der Waals surface area contributed by atoms with E-state index in [4.69, 9.17) is 26.2 Å². The number of halogens is 1. The second-order valence-corrected chi connectivity index (χ2v) is 5.78. The molecule has 0 aliphatic carbocycles. The minimum atomic E-state index is -0.924. The molecule has 1 amide bonds. The molecule has 0 saturated carbocycles. The molecule has 126 valence electrons. The van der Waals surface area contributed by atoms with Crippen molar-refractivity contribution < 1.29 is 24.2 Å². The summed E-state index contributed by atoms with van der Waals surface area (Å²) >= 11 is 6.22. The van der Waals surface area contributed by atoms with Gasteiger partial charge in [0.25, 0.3) is 0 Å². The van der Waals surface area contributed by atoms with Gasteiger partial charge in [0, 0.05) is 19.5 Å². The molecule has 2 rings (SSSR count). The number of hydrogen-bond donors (Lipinski definition) is 1. The quantitative estimate of drug-likeness (QED) is 0.823. The second-order valence-electron chi connectivity index (χ2n) is 5.37. The van der Waals surface area contributed by atoms with Crippen LogP contribution < -0.4 is 9.47 Å². The molecule has 1 saturated heterocycles. The largest absolute Gasteiger partial charge is 0.493 e. The van der Waals surface area contributed by atoms with Crippen molar-refractivity contribution in [2.24, 2.45) is 5.92 Å². The van der Waals surface area contributed by atoms with E-state index >= 15 is 0 Å². The second kappa shape index (κ2) is 7.55. The first-order valence-corrected chi connectivity index (χ1v) is 7.83. The summed E-state index contributed by atoms with van der Waals surface area (Å²) in [6.07, 6.45) is 0.642. The Morgan fingerprint density at radius 2 is 2.22 bits per heavy atom. The molecule has 0 spiro atoms. The average Bonchev–Trinajstić information content (AvgIpc) is 2.89. The van der Waals surface area contributed by atoms with Gasteiger partial charge in [-0.25, -0.2) is 0 Å². The summed E-state index contributed by atoms with van der Waals surface area (Å²) in [5, 5.41) is 9.45. The minimum Gasteiger partial charge on any atom is -0.493 e. The van der Waals surface area contributed by atoms with Crippen LogP contribution in [0.4, 0.5) is 0 Å². The predicted molar refractivity (Wildman–Crippen MR) is 85.2 cm³/mol.